The Hall–Kier alpha value is -3.11. The van der Waals surface area contributed by atoms with Crippen LogP contribution < -0.4 is 11.2 Å². The zero-order chi connectivity index (χ0) is 20.4. The molecule has 8 nitrogen and oxygen atoms in total. The van der Waals surface area contributed by atoms with Crippen molar-refractivity contribution >= 4 is 11.8 Å². The van der Waals surface area contributed by atoms with Crippen molar-refractivity contribution in [1.29, 1.82) is 0 Å². The molecule has 11 heteroatoms. The van der Waals surface area contributed by atoms with Crippen LogP contribution >= 0.6 is 0 Å². The number of hydrogen-bond acceptors (Lipinski definition) is 5. The zero-order valence-electron chi connectivity index (χ0n) is 14.4. The molecule has 0 atom stereocenters. The molecule has 1 N–H and O–H groups in total. The number of rotatable bonds is 6. The summed E-state index contributed by atoms with van der Waals surface area (Å²) in [5.74, 6) is -1.58. The van der Waals surface area contributed by atoms with E-state index in [1.807, 2.05) is 4.98 Å². The highest BCUT2D eigenvalue weighted by Gasteiger charge is 2.30. The fourth-order valence-corrected chi connectivity index (χ4v) is 2.48. The molecule has 0 aliphatic heterocycles. The van der Waals surface area contributed by atoms with Crippen LogP contribution in [0.4, 0.5) is 13.2 Å². The average molecular weight is 387 g/mol. The van der Waals surface area contributed by atoms with Crippen molar-refractivity contribution in [2.75, 3.05) is 6.61 Å². The van der Waals surface area contributed by atoms with Gasteiger partial charge in [0.2, 0.25) is 5.78 Å². The lowest BCUT2D eigenvalue weighted by molar-refractivity contribution is -0.143. The van der Waals surface area contributed by atoms with Crippen LogP contribution in [0.25, 0.3) is 0 Å². The molecule has 0 saturated carbocycles. The van der Waals surface area contributed by atoms with Gasteiger partial charge in [-0.3, -0.25) is 23.9 Å². The highest BCUT2D eigenvalue weighted by Crippen LogP contribution is 2.23. The van der Waals surface area contributed by atoms with Gasteiger partial charge in [-0.1, -0.05) is 0 Å². The fourth-order valence-electron chi connectivity index (χ4n) is 2.48. The molecule has 2 heterocycles. The van der Waals surface area contributed by atoms with Gasteiger partial charge in [0.15, 0.2) is 6.61 Å². The Kier molecular flexibility index (Phi) is 5.72. The van der Waals surface area contributed by atoms with Crippen molar-refractivity contribution in [2.45, 2.75) is 33.1 Å². The minimum atomic E-state index is -4.44. The SMILES string of the molecule is Cc1cc(C(=O)COC(=O)Cn2ccc(=O)[nH]c2=O)c(C)n1CC(F)(F)F. The summed E-state index contributed by atoms with van der Waals surface area (Å²) in [5.41, 5.74) is -1.07. The number of aromatic nitrogens is 3. The number of H-pyrrole nitrogens is 1. The molecule has 146 valence electrons. The molecule has 0 aliphatic carbocycles. The quantitative estimate of drug-likeness (QED) is 0.587. The third-order valence-corrected chi connectivity index (χ3v) is 3.77. The summed E-state index contributed by atoms with van der Waals surface area (Å²) in [6.45, 7) is 0.355. The van der Waals surface area contributed by atoms with Crippen LogP contribution in [0.3, 0.4) is 0 Å². The first-order valence-electron chi connectivity index (χ1n) is 7.70. The Bertz CT molecular complexity index is 984. The Labute approximate surface area is 150 Å². The van der Waals surface area contributed by atoms with E-state index in [2.05, 4.69) is 0 Å². The molecule has 2 rings (SSSR count). The van der Waals surface area contributed by atoms with Crippen LogP contribution in [0, 0.1) is 13.8 Å². The van der Waals surface area contributed by atoms with E-state index >= 15 is 0 Å². The van der Waals surface area contributed by atoms with Crippen LogP contribution in [0.5, 0.6) is 0 Å². The molecule has 0 saturated heterocycles. The van der Waals surface area contributed by atoms with Crippen LogP contribution in [0.15, 0.2) is 27.9 Å². The van der Waals surface area contributed by atoms with E-state index in [0.29, 0.717) is 0 Å². The molecule has 0 aliphatic rings. The molecular weight excluding hydrogens is 371 g/mol. The average Bonchev–Trinajstić information content (AvgIpc) is 2.82. The predicted molar refractivity (Wildman–Crippen MR) is 86.6 cm³/mol. The molecular formula is C16H16F3N3O5. The molecule has 0 fully saturated rings. The summed E-state index contributed by atoms with van der Waals surface area (Å²) in [6.07, 6.45) is -3.35. The number of hydrogen-bond donors (Lipinski definition) is 1. The second-order valence-electron chi connectivity index (χ2n) is 5.81. The molecule has 2 aromatic rings. The van der Waals surface area contributed by atoms with Gasteiger partial charge in [-0.05, 0) is 19.9 Å². The maximum Gasteiger partial charge on any atom is 0.406 e. The van der Waals surface area contributed by atoms with Gasteiger partial charge < -0.3 is 9.30 Å². The molecule has 2 aromatic heterocycles. The number of carbonyl (C=O) groups is 2. The standard InChI is InChI=1S/C16H16F3N3O5/c1-9-5-11(10(2)22(9)8-16(17,18)19)12(23)7-27-14(25)6-21-4-3-13(24)20-15(21)26/h3-5H,6-8H2,1-2H3,(H,20,24,26). The number of aromatic amines is 1. The van der Waals surface area contributed by atoms with E-state index in [0.717, 1.165) is 21.4 Å². The molecule has 0 bridgehead atoms. The number of esters is 1. The van der Waals surface area contributed by atoms with E-state index in [4.69, 9.17) is 4.74 Å². The van der Waals surface area contributed by atoms with E-state index in [-0.39, 0.29) is 17.0 Å². The lowest BCUT2D eigenvalue weighted by Gasteiger charge is -2.12. The van der Waals surface area contributed by atoms with Crippen molar-refractivity contribution in [3.05, 3.63) is 56.1 Å². The summed E-state index contributed by atoms with van der Waals surface area (Å²) in [4.78, 5) is 48.3. The van der Waals surface area contributed by atoms with Gasteiger partial charge in [-0.15, -0.1) is 0 Å². The first-order chi connectivity index (χ1) is 12.5. The third kappa shape index (κ3) is 5.19. The van der Waals surface area contributed by atoms with Gasteiger partial charge in [-0.25, -0.2) is 4.79 Å². The van der Waals surface area contributed by atoms with Crippen LogP contribution in [-0.4, -0.2) is 38.7 Å². The van der Waals surface area contributed by atoms with Gasteiger partial charge in [0.1, 0.15) is 13.1 Å². The summed E-state index contributed by atoms with van der Waals surface area (Å²) in [7, 11) is 0. The van der Waals surface area contributed by atoms with Crippen LogP contribution in [0.1, 0.15) is 21.7 Å². The Morgan fingerprint density at radius 1 is 1.22 bits per heavy atom. The van der Waals surface area contributed by atoms with Crippen molar-refractivity contribution in [3.63, 3.8) is 0 Å². The van der Waals surface area contributed by atoms with E-state index in [1.165, 1.54) is 19.9 Å². The number of ketones is 1. The third-order valence-electron chi connectivity index (χ3n) is 3.77. The minimum absolute atomic E-state index is 0.0192. The van der Waals surface area contributed by atoms with E-state index in [9.17, 15) is 32.3 Å². The van der Waals surface area contributed by atoms with Gasteiger partial charge in [0.25, 0.3) is 5.56 Å². The van der Waals surface area contributed by atoms with Gasteiger partial charge in [-0.2, -0.15) is 13.2 Å². The van der Waals surface area contributed by atoms with Crippen molar-refractivity contribution in [2.24, 2.45) is 0 Å². The second-order valence-corrected chi connectivity index (χ2v) is 5.81. The Morgan fingerprint density at radius 3 is 2.48 bits per heavy atom. The molecule has 0 radical (unpaired) electrons. The maximum atomic E-state index is 12.6. The molecule has 0 spiro atoms. The number of nitrogens with one attached hydrogen (secondary N) is 1. The van der Waals surface area contributed by atoms with Crippen molar-refractivity contribution in [1.82, 2.24) is 14.1 Å². The Balaban J connectivity index is 2.03. The predicted octanol–water partition coefficient (Wildman–Crippen LogP) is 0.943. The smallest absolute Gasteiger partial charge is 0.406 e. The molecule has 0 unspecified atom stereocenters. The zero-order valence-corrected chi connectivity index (χ0v) is 14.4. The normalized spacial score (nSPS) is 11.4. The summed E-state index contributed by atoms with van der Waals surface area (Å²) >= 11 is 0. The molecule has 27 heavy (non-hydrogen) atoms. The first-order valence-corrected chi connectivity index (χ1v) is 7.70. The lowest BCUT2D eigenvalue weighted by Crippen LogP contribution is -2.31. The van der Waals surface area contributed by atoms with E-state index < -0.39 is 48.9 Å². The van der Waals surface area contributed by atoms with Crippen LogP contribution in [0.2, 0.25) is 0 Å². The van der Waals surface area contributed by atoms with Crippen molar-refractivity contribution < 1.29 is 27.5 Å². The number of ether oxygens (including phenoxy) is 1. The number of nitrogens with zero attached hydrogens (tertiary/aromatic N) is 2. The minimum Gasteiger partial charge on any atom is -0.456 e. The summed E-state index contributed by atoms with van der Waals surface area (Å²) in [6, 6.07) is 2.33. The highest BCUT2D eigenvalue weighted by atomic mass is 19.4. The summed E-state index contributed by atoms with van der Waals surface area (Å²) < 4.78 is 44.4. The number of aryl methyl sites for hydroxylation is 1. The molecule has 0 aromatic carbocycles. The first kappa shape index (κ1) is 20.2. The van der Waals surface area contributed by atoms with Gasteiger partial charge in [0.05, 0.1) is 0 Å². The number of Topliss-reactive ketones (excluding diaryl/α,β-unsaturated/α-hetero) is 1. The largest absolute Gasteiger partial charge is 0.456 e. The number of halogens is 3. The molecule has 0 amide bonds. The maximum absolute atomic E-state index is 12.6. The number of carbonyl (C=O) groups excluding carboxylic acids is 2. The Morgan fingerprint density at radius 2 is 1.89 bits per heavy atom. The highest BCUT2D eigenvalue weighted by molar-refractivity contribution is 5.99. The topological polar surface area (TPSA) is 103 Å². The van der Waals surface area contributed by atoms with Gasteiger partial charge >= 0.3 is 17.8 Å². The van der Waals surface area contributed by atoms with Gasteiger partial charge in [0, 0.05) is 29.2 Å². The fraction of sp³-hybridized carbons (Fsp3) is 0.375. The van der Waals surface area contributed by atoms with Crippen molar-refractivity contribution in [3.8, 4) is 0 Å². The van der Waals surface area contributed by atoms with Crippen LogP contribution in [-0.2, 0) is 22.6 Å². The summed E-state index contributed by atoms with van der Waals surface area (Å²) in [5, 5.41) is 0. The monoisotopic (exact) mass is 387 g/mol. The lowest BCUT2D eigenvalue weighted by atomic mass is 10.1. The van der Waals surface area contributed by atoms with E-state index in [1.54, 1.807) is 0 Å². The number of alkyl halides is 3. The second kappa shape index (κ2) is 7.64.